The highest BCUT2D eigenvalue weighted by Gasteiger charge is 2.27. The zero-order chi connectivity index (χ0) is 27.6. The monoisotopic (exact) mass is 529 g/mol. The van der Waals surface area contributed by atoms with Gasteiger partial charge in [0.15, 0.2) is 0 Å². The standard InChI is InChI=1S/C30H39N7O2/c1-19(2)33-28(38)25-16-32-29(36-27(25)34-23-8-11-31-26(15-23)30(3,4)5)35-22-7-6-20-9-12-37(17-21(20)14-22)24-10-13-39-18-24/h6-8,11,14-16,19,24H,9-10,12-13,17-18H2,1-5H3,(H,33,38)(H2,31,32,34,35,36). The lowest BCUT2D eigenvalue weighted by Gasteiger charge is -2.33. The molecule has 1 atom stereocenters. The van der Waals surface area contributed by atoms with Crippen molar-refractivity contribution in [1.82, 2.24) is 25.2 Å². The Balaban J connectivity index is 1.40. The number of ether oxygens (including phenoxy) is 1. The summed E-state index contributed by atoms with van der Waals surface area (Å²) in [5.74, 6) is 0.622. The van der Waals surface area contributed by atoms with Crippen molar-refractivity contribution in [2.45, 2.75) is 71.5 Å². The summed E-state index contributed by atoms with van der Waals surface area (Å²) in [6.07, 6.45) is 5.48. The van der Waals surface area contributed by atoms with Crippen LogP contribution in [0.5, 0.6) is 0 Å². The van der Waals surface area contributed by atoms with Crippen LogP contribution in [0.25, 0.3) is 0 Å². The van der Waals surface area contributed by atoms with Crippen LogP contribution in [0.1, 0.15) is 68.2 Å². The van der Waals surface area contributed by atoms with E-state index in [1.54, 1.807) is 12.4 Å². The topological polar surface area (TPSA) is 104 Å². The molecule has 1 amide bonds. The van der Waals surface area contributed by atoms with Gasteiger partial charge in [-0.25, -0.2) is 4.98 Å². The van der Waals surface area contributed by atoms with Crippen LogP contribution < -0.4 is 16.0 Å². The average molecular weight is 530 g/mol. The number of aromatic nitrogens is 3. The van der Waals surface area contributed by atoms with Gasteiger partial charge in [0.05, 0.1) is 6.61 Å². The predicted molar refractivity (Wildman–Crippen MR) is 154 cm³/mol. The predicted octanol–water partition coefficient (Wildman–Crippen LogP) is 4.94. The Kier molecular flexibility index (Phi) is 7.81. The number of anilines is 4. The van der Waals surface area contributed by atoms with E-state index in [2.05, 4.69) is 69.8 Å². The number of pyridine rings is 1. The molecular weight excluding hydrogens is 490 g/mol. The number of nitrogens with zero attached hydrogens (tertiary/aromatic N) is 4. The molecule has 1 fully saturated rings. The van der Waals surface area contributed by atoms with Gasteiger partial charge in [-0.1, -0.05) is 26.8 Å². The third kappa shape index (κ3) is 6.54. The van der Waals surface area contributed by atoms with Gasteiger partial charge in [-0.2, -0.15) is 4.98 Å². The summed E-state index contributed by atoms with van der Waals surface area (Å²) in [7, 11) is 0. The number of amides is 1. The number of nitrogens with one attached hydrogen (secondary N) is 3. The Morgan fingerprint density at radius 3 is 2.64 bits per heavy atom. The summed E-state index contributed by atoms with van der Waals surface area (Å²) >= 11 is 0. The zero-order valence-corrected chi connectivity index (χ0v) is 23.5. The molecule has 9 nitrogen and oxygen atoms in total. The van der Waals surface area contributed by atoms with Crippen LogP contribution >= 0.6 is 0 Å². The highest BCUT2D eigenvalue weighted by Crippen LogP contribution is 2.29. The smallest absolute Gasteiger partial charge is 0.256 e. The molecule has 2 aliphatic rings. The number of fused-ring (bicyclic) bond motifs is 1. The highest BCUT2D eigenvalue weighted by atomic mass is 16.5. The minimum Gasteiger partial charge on any atom is -0.380 e. The molecule has 1 aromatic carbocycles. The van der Waals surface area contributed by atoms with Crippen molar-refractivity contribution in [3.63, 3.8) is 0 Å². The molecule has 2 aromatic heterocycles. The first-order valence-corrected chi connectivity index (χ1v) is 13.8. The molecule has 0 radical (unpaired) electrons. The van der Waals surface area contributed by atoms with E-state index in [0.29, 0.717) is 23.4 Å². The zero-order valence-electron chi connectivity index (χ0n) is 23.5. The number of hydrogen-bond acceptors (Lipinski definition) is 8. The summed E-state index contributed by atoms with van der Waals surface area (Å²) in [4.78, 5) is 29.2. The quantitative estimate of drug-likeness (QED) is 0.395. The maximum atomic E-state index is 13.0. The van der Waals surface area contributed by atoms with E-state index in [9.17, 15) is 4.79 Å². The summed E-state index contributed by atoms with van der Waals surface area (Å²) in [6, 6.07) is 10.8. The molecule has 9 heteroatoms. The van der Waals surface area contributed by atoms with Crippen molar-refractivity contribution in [3.8, 4) is 0 Å². The van der Waals surface area contributed by atoms with E-state index in [1.165, 1.54) is 11.1 Å². The Morgan fingerprint density at radius 2 is 1.90 bits per heavy atom. The maximum absolute atomic E-state index is 13.0. The van der Waals surface area contributed by atoms with Crippen molar-refractivity contribution in [3.05, 3.63) is 65.1 Å². The minimum atomic E-state index is -0.228. The van der Waals surface area contributed by atoms with Crippen LogP contribution in [-0.2, 0) is 23.1 Å². The molecule has 1 saturated heterocycles. The van der Waals surface area contributed by atoms with Crippen LogP contribution in [-0.4, -0.2) is 57.6 Å². The Bertz CT molecular complexity index is 1330. The van der Waals surface area contributed by atoms with E-state index in [0.717, 1.165) is 56.2 Å². The van der Waals surface area contributed by atoms with Gasteiger partial charge >= 0.3 is 0 Å². The molecule has 39 heavy (non-hydrogen) atoms. The second kappa shape index (κ2) is 11.3. The van der Waals surface area contributed by atoms with Crippen LogP contribution in [0.4, 0.5) is 23.1 Å². The molecule has 3 N–H and O–H groups in total. The van der Waals surface area contributed by atoms with Gasteiger partial charge in [-0.05, 0) is 62.1 Å². The van der Waals surface area contributed by atoms with E-state index in [4.69, 9.17) is 9.72 Å². The van der Waals surface area contributed by atoms with Gasteiger partial charge in [-0.15, -0.1) is 0 Å². The van der Waals surface area contributed by atoms with Gasteiger partial charge in [0, 0.05) is 66.7 Å². The largest absolute Gasteiger partial charge is 0.380 e. The summed E-state index contributed by atoms with van der Waals surface area (Å²) in [6.45, 7) is 13.9. The fourth-order valence-corrected chi connectivity index (χ4v) is 5.01. The van der Waals surface area contributed by atoms with Crippen molar-refractivity contribution in [2.75, 3.05) is 30.4 Å². The number of rotatable bonds is 7. The summed E-state index contributed by atoms with van der Waals surface area (Å²) < 4.78 is 5.62. The summed E-state index contributed by atoms with van der Waals surface area (Å²) in [5.41, 5.74) is 5.64. The van der Waals surface area contributed by atoms with Crippen LogP contribution in [0.15, 0.2) is 42.7 Å². The number of carbonyl (C=O) groups is 1. The number of carbonyl (C=O) groups excluding carboxylic acids is 1. The lowest BCUT2D eigenvalue weighted by Crippen LogP contribution is -2.39. The molecule has 206 valence electrons. The minimum absolute atomic E-state index is 0.0116. The Hall–Kier alpha value is -3.56. The highest BCUT2D eigenvalue weighted by molar-refractivity contribution is 5.99. The molecule has 1 unspecified atom stereocenters. The van der Waals surface area contributed by atoms with Crippen molar-refractivity contribution in [2.24, 2.45) is 0 Å². The van der Waals surface area contributed by atoms with Gasteiger partial charge in [0.2, 0.25) is 5.95 Å². The van der Waals surface area contributed by atoms with Crippen molar-refractivity contribution in [1.29, 1.82) is 0 Å². The fourth-order valence-electron chi connectivity index (χ4n) is 5.01. The van der Waals surface area contributed by atoms with E-state index in [1.807, 2.05) is 26.0 Å². The van der Waals surface area contributed by atoms with E-state index in [-0.39, 0.29) is 17.4 Å². The first-order valence-electron chi connectivity index (χ1n) is 13.8. The maximum Gasteiger partial charge on any atom is 0.256 e. The van der Waals surface area contributed by atoms with E-state index >= 15 is 0 Å². The number of hydrogen-bond donors (Lipinski definition) is 3. The van der Waals surface area contributed by atoms with Gasteiger partial charge in [0.1, 0.15) is 11.4 Å². The second-order valence-electron chi connectivity index (χ2n) is 11.7. The van der Waals surface area contributed by atoms with Crippen LogP contribution in [0.2, 0.25) is 0 Å². The molecule has 0 saturated carbocycles. The third-order valence-electron chi connectivity index (χ3n) is 7.17. The number of benzene rings is 1. The molecule has 0 spiro atoms. The Morgan fingerprint density at radius 1 is 1.08 bits per heavy atom. The SMILES string of the molecule is CC(C)NC(=O)c1cnc(Nc2ccc3c(c2)CN(C2CCOC2)CC3)nc1Nc1ccnc(C(C)(C)C)c1. The molecule has 2 aliphatic heterocycles. The lowest BCUT2D eigenvalue weighted by atomic mass is 9.91. The normalized spacial score (nSPS) is 17.6. The van der Waals surface area contributed by atoms with Crippen LogP contribution in [0.3, 0.4) is 0 Å². The van der Waals surface area contributed by atoms with Crippen LogP contribution in [0, 0.1) is 0 Å². The summed E-state index contributed by atoms with van der Waals surface area (Å²) in [5, 5.41) is 9.65. The lowest BCUT2D eigenvalue weighted by molar-refractivity contribution is 0.0943. The van der Waals surface area contributed by atoms with Crippen molar-refractivity contribution < 1.29 is 9.53 Å². The Labute approximate surface area is 230 Å². The molecular formula is C30H39N7O2. The fraction of sp³-hybridized carbons (Fsp3) is 0.467. The van der Waals surface area contributed by atoms with E-state index < -0.39 is 0 Å². The molecule has 3 aromatic rings. The van der Waals surface area contributed by atoms with Crippen molar-refractivity contribution >= 4 is 29.0 Å². The van der Waals surface area contributed by atoms with Gasteiger partial charge < -0.3 is 20.7 Å². The molecule has 5 rings (SSSR count). The molecule has 0 bridgehead atoms. The average Bonchev–Trinajstić information content (AvgIpc) is 3.43. The first-order chi connectivity index (χ1) is 18.7. The second-order valence-corrected chi connectivity index (χ2v) is 11.7. The molecule has 0 aliphatic carbocycles. The first kappa shape index (κ1) is 27.0. The third-order valence-corrected chi connectivity index (χ3v) is 7.17. The molecule has 4 heterocycles. The van der Waals surface area contributed by atoms with Gasteiger partial charge in [-0.3, -0.25) is 14.7 Å². The van der Waals surface area contributed by atoms with Gasteiger partial charge in [0.25, 0.3) is 5.91 Å².